The molecule has 0 aliphatic heterocycles. The molecular weight excluding hydrogens is 411 g/mol. The van der Waals surface area contributed by atoms with Gasteiger partial charge in [0.2, 0.25) is 15.9 Å². The molecule has 0 radical (unpaired) electrons. The van der Waals surface area contributed by atoms with Gasteiger partial charge in [-0.15, -0.1) is 0 Å². The second-order valence-corrected chi connectivity index (χ2v) is 9.27. The molecule has 0 fully saturated rings. The van der Waals surface area contributed by atoms with E-state index in [0.29, 0.717) is 36.6 Å². The van der Waals surface area contributed by atoms with Crippen molar-refractivity contribution in [1.29, 1.82) is 0 Å². The molecular formula is C17H22Cl2N4O3S. The predicted molar refractivity (Wildman–Crippen MR) is 108 cm³/mol. The number of nitrogens with one attached hydrogen (secondary N) is 2. The second kappa shape index (κ2) is 9.54. The maximum atomic E-state index is 12.0. The van der Waals surface area contributed by atoms with Crippen LogP contribution in [0.3, 0.4) is 0 Å². The number of halogens is 2. The zero-order valence-corrected chi connectivity index (χ0v) is 17.4. The summed E-state index contributed by atoms with van der Waals surface area (Å²) in [6, 6.07) is 7.10. The summed E-state index contributed by atoms with van der Waals surface area (Å²) in [4.78, 5) is 15.9. The molecule has 1 aromatic heterocycles. The van der Waals surface area contributed by atoms with Crippen LogP contribution in [0.25, 0.3) is 5.69 Å². The topological polar surface area (TPSA) is 93.1 Å². The molecule has 148 valence electrons. The Balaban J connectivity index is 1.77. The molecule has 0 saturated carbocycles. The van der Waals surface area contributed by atoms with Gasteiger partial charge in [-0.2, -0.15) is 0 Å². The first-order chi connectivity index (χ1) is 12.7. The molecule has 0 aliphatic carbocycles. The highest BCUT2D eigenvalue weighted by molar-refractivity contribution is 7.90. The van der Waals surface area contributed by atoms with E-state index in [1.807, 2.05) is 0 Å². The summed E-state index contributed by atoms with van der Waals surface area (Å²) in [5, 5.41) is 2.89. The number of carbonyl (C=O) groups is 1. The minimum absolute atomic E-state index is 0.127. The number of rotatable bonds is 9. The van der Waals surface area contributed by atoms with Gasteiger partial charge in [-0.3, -0.25) is 9.36 Å². The van der Waals surface area contributed by atoms with Crippen molar-refractivity contribution in [2.75, 3.05) is 11.9 Å². The minimum atomic E-state index is -3.25. The zero-order valence-electron chi connectivity index (χ0n) is 15.1. The lowest BCUT2D eigenvalue weighted by Gasteiger charge is -2.09. The van der Waals surface area contributed by atoms with Crippen LogP contribution < -0.4 is 10.0 Å². The Morgan fingerprint density at radius 3 is 2.41 bits per heavy atom. The number of hydrogen-bond donors (Lipinski definition) is 2. The number of anilines is 1. The molecule has 0 unspecified atom stereocenters. The van der Waals surface area contributed by atoms with Crippen LogP contribution >= 0.6 is 23.2 Å². The van der Waals surface area contributed by atoms with Crippen LogP contribution in [0, 0.1) is 0 Å². The van der Waals surface area contributed by atoms with Crippen molar-refractivity contribution in [2.24, 2.45) is 0 Å². The average molecular weight is 433 g/mol. The number of hydrogen-bond acceptors (Lipinski definition) is 4. The highest BCUT2D eigenvalue weighted by atomic mass is 35.5. The number of nitrogens with zero attached hydrogens (tertiary/aromatic N) is 2. The standard InChI is InChI=1S/C17H22Cl2N4O3S/c1-12(2)27(25,26)21-10-4-3-5-15(24)22-13-6-8-14(9-7-13)23-11-20-16(18)17(23)19/h6-9,11-12,21H,3-5,10H2,1-2H3,(H,22,24). The van der Waals surface area contributed by atoms with Gasteiger partial charge < -0.3 is 5.32 Å². The van der Waals surface area contributed by atoms with Crippen molar-refractivity contribution >= 4 is 44.8 Å². The summed E-state index contributed by atoms with van der Waals surface area (Å²) in [7, 11) is -3.25. The predicted octanol–water partition coefficient (Wildman–Crippen LogP) is 3.62. The first kappa shape index (κ1) is 21.7. The Bertz CT molecular complexity index is 880. The third-order valence-electron chi connectivity index (χ3n) is 3.85. The third-order valence-corrected chi connectivity index (χ3v) is 6.43. The lowest BCUT2D eigenvalue weighted by atomic mass is 10.2. The van der Waals surface area contributed by atoms with Crippen molar-refractivity contribution in [3.8, 4) is 5.69 Å². The van der Waals surface area contributed by atoms with Crippen molar-refractivity contribution < 1.29 is 13.2 Å². The van der Waals surface area contributed by atoms with E-state index >= 15 is 0 Å². The Kier molecular flexibility index (Phi) is 7.67. The maximum absolute atomic E-state index is 12.0. The molecule has 0 saturated heterocycles. The SMILES string of the molecule is CC(C)S(=O)(=O)NCCCCC(=O)Nc1ccc(-n2cnc(Cl)c2Cl)cc1. The molecule has 2 aromatic rings. The fourth-order valence-corrected chi connectivity index (χ4v) is 3.30. The first-order valence-electron chi connectivity index (χ1n) is 8.48. The molecule has 1 aromatic carbocycles. The van der Waals surface area contributed by atoms with E-state index in [1.165, 1.54) is 6.33 Å². The van der Waals surface area contributed by atoms with Gasteiger partial charge in [0.05, 0.1) is 5.25 Å². The fourth-order valence-electron chi connectivity index (χ4n) is 2.21. The number of amides is 1. The summed E-state index contributed by atoms with van der Waals surface area (Å²) in [5.74, 6) is -0.127. The quantitative estimate of drug-likeness (QED) is 0.591. The highest BCUT2D eigenvalue weighted by Crippen LogP contribution is 2.24. The smallest absolute Gasteiger partial charge is 0.224 e. The summed E-state index contributed by atoms with van der Waals surface area (Å²) < 4.78 is 27.4. The largest absolute Gasteiger partial charge is 0.326 e. The van der Waals surface area contributed by atoms with Crippen LogP contribution in [0.4, 0.5) is 5.69 Å². The van der Waals surface area contributed by atoms with Crippen LogP contribution in [0.5, 0.6) is 0 Å². The number of imidazole rings is 1. The van der Waals surface area contributed by atoms with Gasteiger partial charge in [-0.05, 0) is 51.0 Å². The van der Waals surface area contributed by atoms with Crippen LogP contribution in [0.2, 0.25) is 10.3 Å². The Labute approximate surface area is 169 Å². The average Bonchev–Trinajstić information content (AvgIpc) is 2.94. The molecule has 7 nitrogen and oxygen atoms in total. The molecule has 0 bridgehead atoms. The van der Waals surface area contributed by atoms with E-state index < -0.39 is 15.3 Å². The van der Waals surface area contributed by atoms with Gasteiger partial charge in [0.25, 0.3) is 0 Å². The van der Waals surface area contributed by atoms with Crippen LogP contribution in [-0.4, -0.2) is 35.7 Å². The van der Waals surface area contributed by atoms with Crippen LogP contribution in [-0.2, 0) is 14.8 Å². The van der Waals surface area contributed by atoms with E-state index in [4.69, 9.17) is 23.2 Å². The fraction of sp³-hybridized carbons (Fsp3) is 0.412. The highest BCUT2D eigenvalue weighted by Gasteiger charge is 2.14. The molecule has 2 rings (SSSR count). The lowest BCUT2D eigenvalue weighted by molar-refractivity contribution is -0.116. The maximum Gasteiger partial charge on any atom is 0.224 e. The monoisotopic (exact) mass is 432 g/mol. The Hall–Kier alpha value is -1.61. The van der Waals surface area contributed by atoms with Gasteiger partial charge >= 0.3 is 0 Å². The number of benzene rings is 1. The van der Waals surface area contributed by atoms with Gasteiger partial charge in [0, 0.05) is 24.3 Å². The third kappa shape index (κ3) is 6.21. The summed E-state index contributed by atoms with van der Waals surface area (Å²) >= 11 is 11.9. The van der Waals surface area contributed by atoms with E-state index in [-0.39, 0.29) is 11.1 Å². The van der Waals surface area contributed by atoms with Crippen molar-refractivity contribution in [3.63, 3.8) is 0 Å². The first-order valence-corrected chi connectivity index (χ1v) is 10.8. The number of aromatic nitrogens is 2. The van der Waals surface area contributed by atoms with Gasteiger partial charge in [-0.1, -0.05) is 23.2 Å². The molecule has 1 amide bonds. The van der Waals surface area contributed by atoms with Crippen molar-refractivity contribution in [2.45, 2.75) is 38.4 Å². The van der Waals surface area contributed by atoms with Crippen molar-refractivity contribution in [1.82, 2.24) is 14.3 Å². The van der Waals surface area contributed by atoms with Crippen molar-refractivity contribution in [3.05, 3.63) is 40.9 Å². The van der Waals surface area contributed by atoms with E-state index in [2.05, 4.69) is 15.0 Å². The lowest BCUT2D eigenvalue weighted by Crippen LogP contribution is -2.31. The van der Waals surface area contributed by atoms with E-state index in [0.717, 1.165) is 5.69 Å². The van der Waals surface area contributed by atoms with Gasteiger partial charge in [-0.25, -0.2) is 18.1 Å². The van der Waals surface area contributed by atoms with Gasteiger partial charge in [0.15, 0.2) is 10.3 Å². The molecule has 1 heterocycles. The molecule has 0 atom stereocenters. The Morgan fingerprint density at radius 2 is 1.85 bits per heavy atom. The molecule has 0 spiro atoms. The van der Waals surface area contributed by atoms with Crippen LogP contribution in [0.1, 0.15) is 33.1 Å². The van der Waals surface area contributed by atoms with Crippen LogP contribution in [0.15, 0.2) is 30.6 Å². The molecule has 27 heavy (non-hydrogen) atoms. The van der Waals surface area contributed by atoms with E-state index in [1.54, 1.807) is 42.7 Å². The number of sulfonamides is 1. The number of unbranched alkanes of at least 4 members (excludes halogenated alkanes) is 1. The zero-order chi connectivity index (χ0) is 20.0. The summed E-state index contributed by atoms with van der Waals surface area (Å²) in [6.07, 6.45) is 3.02. The normalized spacial score (nSPS) is 11.7. The molecule has 10 heteroatoms. The van der Waals surface area contributed by atoms with E-state index in [9.17, 15) is 13.2 Å². The molecule has 2 N–H and O–H groups in total. The summed E-state index contributed by atoms with van der Waals surface area (Å²) in [5.41, 5.74) is 1.43. The number of carbonyl (C=O) groups excluding carboxylic acids is 1. The minimum Gasteiger partial charge on any atom is -0.326 e. The van der Waals surface area contributed by atoms with Gasteiger partial charge in [0.1, 0.15) is 6.33 Å². The molecule has 0 aliphatic rings. The Morgan fingerprint density at radius 1 is 1.19 bits per heavy atom. The second-order valence-electron chi connectivity index (χ2n) is 6.24. The summed E-state index contributed by atoms with van der Waals surface area (Å²) in [6.45, 7) is 3.57.